The first-order valence-corrected chi connectivity index (χ1v) is 4.84. The number of alkyl carbamates (subject to hydrolysis) is 1. The van der Waals surface area contributed by atoms with Gasteiger partial charge in [0, 0.05) is 6.07 Å². The third kappa shape index (κ3) is 1.92. The molecule has 1 heterocycles. The van der Waals surface area contributed by atoms with Crippen molar-refractivity contribution in [3.63, 3.8) is 0 Å². The molecule has 1 amide bonds. The lowest BCUT2D eigenvalue weighted by atomic mass is 10.1. The van der Waals surface area contributed by atoms with Crippen molar-refractivity contribution in [2.45, 2.75) is 6.10 Å². The van der Waals surface area contributed by atoms with E-state index in [2.05, 4.69) is 5.32 Å². The summed E-state index contributed by atoms with van der Waals surface area (Å²) in [6, 6.07) is 4.25. The summed E-state index contributed by atoms with van der Waals surface area (Å²) in [5.74, 6) is 0. The van der Waals surface area contributed by atoms with Gasteiger partial charge in [-0.15, -0.1) is 0 Å². The molecule has 16 heavy (non-hydrogen) atoms. The predicted octanol–water partition coefficient (Wildman–Crippen LogP) is 2.03. The third-order valence-corrected chi connectivity index (χ3v) is 2.52. The van der Waals surface area contributed by atoms with Crippen LogP contribution in [0.3, 0.4) is 0 Å². The number of nitrogens with zero attached hydrogens (tertiary/aromatic N) is 1. The molecular formula is C9H7ClN2O4. The Hall–Kier alpha value is -1.82. The summed E-state index contributed by atoms with van der Waals surface area (Å²) < 4.78 is 4.92. The zero-order chi connectivity index (χ0) is 11.7. The minimum Gasteiger partial charge on any atom is -0.439 e. The Labute approximate surface area is 95.3 Å². The lowest BCUT2D eigenvalue weighted by Crippen LogP contribution is -2.12. The molecule has 0 aromatic heterocycles. The SMILES string of the molecule is O=C1NCC(c2ccc([N+](=O)[O-])c(Cl)c2)O1. The molecule has 1 unspecified atom stereocenters. The van der Waals surface area contributed by atoms with Crippen LogP contribution in [0.4, 0.5) is 10.5 Å². The van der Waals surface area contributed by atoms with Gasteiger partial charge in [-0.2, -0.15) is 0 Å². The van der Waals surface area contributed by atoms with Crippen molar-refractivity contribution in [1.29, 1.82) is 0 Å². The first-order valence-electron chi connectivity index (χ1n) is 4.46. The summed E-state index contributed by atoms with van der Waals surface area (Å²) >= 11 is 5.74. The van der Waals surface area contributed by atoms with Crippen molar-refractivity contribution in [2.75, 3.05) is 6.54 Å². The van der Waals surface area contributed by atoms with Gasteiger partial charge in [0.1, 0.15) is 11.1 Å². The predicted molar refractivity (Wildman–Crippen MR) is 55.3 cm³/mol. The first kappa shape index (κ1) is 10.7. The second-order valence-electron chi connectivity index (χ2n) is 3.24. The van der Waals surface area contributed by atoms with Crippen LogP contribution in [0.5, 0.6) is 0 Å². The summed E-state index contributed by atoms with van der Waals surface area (Å²) in [4.78, 5) is 20.8. The highest BCUT2D eigenvalue weighted by atomic mass is 35.5. The van der Waals surface area contributed by atoms with Crippen molar-refractivity contribution in [1.82, 2.24) is 5.32 Å². The summed E-state index contributed by atoms with van der Waals surface area (Å²) in [5, 5.41) is 13.0. The monoisotopic (exact) mass is 242 g/mol. The molecule has 0 saturated carbocycles. The largest absolute Gasteiger partial charge is 0.439 e. The second kappa shape index (κ2) is 3.97. The lowest BCUT2D eigenvalue weighted by molar-refractivity contribution is -0.384. The normalized spacial score (nSPS) is 19.1. The first-order chi connectivity index (χ1) is 7.58. The molecular weight excluding hydrogens is 236 g/mol. The number of hydrogen-bond acceptors (Lipinski definition) is 4. The number of hydrogen-bond donors (Lipinski definition) is 1. The number of rotatable bonds is 2. The average Bonchev–Trinajstić information content (AvgIpc) is 2.64. The molecule has 1 atom stereocenters. The summed E-state index contributed by atoms with van der Waals surface area (Å²) in [7, 11) is 0. The quantitative estimate of drug-likeness (QED) is 0.635. The van der Waals surface area contributed by atoms with Crippen LogP contribution < -0.4 is 5.32 Å². The number of carbonyl (C=O) groups excluding carboxylic acids is 1. The van der Waals surface area contributed by atoms with Gasteiger partial charge in [-0.05, 0) is 17.7 Å². The van der Waals surface area contributed by atoms with Crippen molar-refractivity contribution in [3.05, 3.63) is 38.9 Å². The van der Waals surface area contributed by atoms with E-state index >= 15 is 0 Å². The van der Waals surface area contributed by atoms with Gasteiger partial charge in [0.2, 0.25) is 0 Å². The molecule has 2 rings (SSSR count). The van der Waals surface area contributed by atoms with Crippen molar-refractivity contribution < 1.29 is 14.5 Å². The van der Waals surface area contributed by atoms with Gasteiger partial charge in [0.25, 0.3) is 5.69 Å². The van der Waals surface area contributed by atoms with Gasteiger partial charge in [-0.25, -0.2) is 4.79 Å². The number of nitro benzene ring substituents is 1. The van der Waals surface area contributed by atoms with E-state index in [1.807, 2.05) is 0 Å². The molecule has 0 radical (unpaired) electrons. The second-order valence-corrected chi connectivity index (χ2v) is 3.65. The molecule has 0 spiro atoms. The summed E-state index contributed by atoms with van der Waals surface area (Å²) in [5.41, 5.74) is 0.469. The fraction of sp³-hybridized carbons (Fsp3) is 0.222. The number of carbonyl (C=O) groups is 1. The fourth-order valence-corrected chi connectivity index (χ4v) is 1.70. The van der Waals surface area contributed by atoms with Gasteiger partial charge in [-0.1, -0.05) is 11.6 Å². The zero-order valence-corrected chi connectivity index (χ0v) is 8.73. The number of nitro groups is 1. The van der Waals surface area contributed by atoms with E-state index < -0.39 is 17.1 Å². The minimum atomic E-state index is -0.564. The average molecular weight is 243 g/mol. The Kier molecular flexibility index (Phi) is 2.66. The lowest BCUT2D eigenvalue weighted by Gasteiger charge is -2.07. The van der Waals surface area contributed by atoms with Crippen LogP contribution in [-0.4, -0.2) is 17.6 Å². The van der Waals surface area contributed by atoms with Crippen molar-refractivity contribution in [2.24, 2.45) is 0 Å². The number of halogens is 1. The molecule has 0 aliphatic carbocycles. The van der Waals surface area contributed by atoms with E-state index in [1.165, 1.54) is 18.2 Å². The van der Waals surface area contributed by atoms with Crippen LogP contribution in [-0.2, 0) is 4.74 Å². The summed E-state index contributed by atoms with van der Waals surface area (Å²) in [6.45, 7) is 0.340. The van der Waals surface area contributed by atoms with Crippen LogP contribution in [0.15, 0.2) is 18.2 Å². The van der Waals surface area contributed by atoms with Gasteiger partial charge in [0.15, 0.2) is 0 Å². The Bertz CT molecular complexity index is 463. The van der Waals surface area contributed by atoms with E-state index in [1.54, 1.807) is 0 Å². The molecule has 0 bridgehead atoms. The van der Waals surface area contributed by atoms with Crippen molar-refractivity contribution >= 4 is 23.4 Å². The highest BCUT2D eigenvalue weighted by Crippen LogP contribution is 2.29. The number of benzene rings is 1. The molecule has 6 nitrogen and oxygen atoms in total. The fourth-order valence-electron chi connectivity index (χ4n) is 1.45. The zero-order valence-electron chi connectivity index (χ0n) is 7.97. The van der Waals surface area contributed by atoms with Crippen LogP contribution in [0, 0.1) is 10.1 Å². The van der Waals surface area contributed by atoms with E-state index in [4.69, 9.17) is 16.3 Å². The topological polar surface area (TPSA) is 81.5 Å². The number of amides is 1. The van der Waals surface area contributed by atoms with Gasteiger partial charge in [0.05, 0.1) is 11.5 Å². The van der Waals surface area contributed by atoms with Crippen LogP contribution in [0.25, 0.3) is 0 Å². The van der Waals surface area contributed by atoms with Gasteiger partial charge in [-0.3, -0.25) is 10.1 Å². The molecule has 1 aromatic carbocycles. The van der Waals surface area contributed by atoms with E-state index in [9.17, 15) is 14.9 Å². The highest BCUT2D eigenvalue weighted by Gasteiger charge is 2.25. The Morgan fingerprint density at radius 1 is 1.56 bits per heavy atom. The van der Waals surface area contributed by atoms with E-state index in [0.29, 0.717) is 12.1 Å². The molecule has 1 aromatic rings. The number of ether oxygens (including phenoxy) is 1. The highest BCUT2D eigenvalue weighted by molar-refractivity contribution is 6.32. The standard InChI is InChI=1S/C9H7ClN2O4/c10-6-3-5(1-2-7(6)12(14)15)8-4-11-9(13)16-8/h1-3,8H,4H2,(H,11,13). The molecule has 1 saturated heterocycles. The molecule has 84 valence electrons. The smallest absolute Gasteiger partial charge is 0.407 e. The van der Waals surface area contributed by atoms with Gasteiger partial charge < -0.3 is 10.1 Å². The molecule has 7 heteroatoms. The Morgan fingerprint density at radius 3 is 2.81 bits per heavy atom. The Morgan fingerprint density at radius 2 is 2.31 bits per heavy atom. The van der Waals surface area contributed by atoms with Crippen LogP contribution in [0.2, 0.25) is 5.02 Å². The maximum absolute atomic E-state index is 10.8. The molecule has 1 N–H and O–H groups in total. The Balaban J connectivity index is 2.27. The minimum absolute atomic E-state index is 0.0328. The van der Waals surface area contributed by atoms with Crippen LogP contribution in [0.1, 0.15) is 11.7 Å². The van der Waals surface area contributed by atoms with Crippen LogP contribution >= 0.6 is 11.6 Å². The van der Waals surface area contributed by atoms with E-state index in [-0.39, 0.29) is 10.7 Å². The van der Waals surface area contributed by atoms with Crippen molar-refractivity contribution in [3.8, 4) is 0 Å². The number of cyclic esters (lactones) is 1. The summed E-state index contributed by atoms with van der Waals surface area (Å²) in [6.07, 6.45) is -0.940. The van der Waals surface area contributed by atoms with E-state index in [0.717, 1.165) is 0 Å². The van der Waals surface area contributed by atoms with Gasteiger partial charge >= 0.3 is 6.09 Å². The molecule has 1 fully saturated rings. The maximum Gasteiger partial charge on any atom is 0.407 e. The maximum atomic E-state index is 10.8. The third-order valence-electron chi connectivity index (χ3n) is 2.22. The molecule has 1 aliphatic heterocycles. The molecule has 1 aliphatic rings. The number of nitrogens with one attached hydrogen (secondary N) is 1.